The number of ketones is 1. The second-order valence-corrected chi connectivity index (χ2v) is 6.58. The van der Waals surface area contributed by atoms with Gasteiger partial charge in [0.1, 0.15) is 6.04 Å². The van der Waals surface area contributed by atoms with Gasteiger partial charge in [0, 0.05) is 10.6 Å². The van der Waals surface area contributed by atoms with Crippen LogP contribution in [-0.2, 0) is 16.0 Å². The van der Waals surface area contributed by atoms with Crippen molar-refractivity contribution in [2.75, 3.05) is 6.54 Å². The monoisotopic (exact) mass is 359 g/mol. The second kappa shape index (κ2) is 9.35. The fourth-order valence-corrected chi connectivity index (χ4v) is 2.96. The van der Waals surface area contributed by atoms with Gasteiger partial charge >= 0.3 is 0 Å². The van der Waals surface area contributed by atoms with E-state index in [9.17, 15) is 9.59 Å². The molecule has 4 nitrogen and oxygen atoms in total. The minimum Gasteiger partial charge on any atom is -0.341 e. The van der Waals surface area contributed by atoms with Gasteiger partial charge in [-0.1, -0.05) is 60.1 Å². The lowest BCUT2D eigenvalue weighted by molar-refractivity contribution is -0.682. The van der Waals surface area contributed by atoms with E-state index in [1.165, 1.54) is 6.92 Å². The number of carbonyl (C=O) groups excluding carboxylic acids is 2. The van der Waals surface area contributed by atoms with Crippen molar-refractivity contribution in [1.82, 2.24) is 5.32 Å². The topological polar surface area (TPSA) is 62.8 Å². The third-order valence-electron chi connectivity index (χ3n) is 4.16. The maximum absolute atomic E-state index is 12.2. The molecule has 0 fully saturated rings. The molecule has 0 aromatic heterocycles. The molecular weight excluding hydrogens is 336 g/mol. The molecule has 2 rings (SSSR count). The van der Waals surface area contributed by atoms with Crippen molar-refractivity contribution in [1.29, 1.82) is 0 Å². The van der Waals surface area contributed by atoms with Gasteiger partial charge in [-0.3, -0.25) is 9.59 Å². The fraction of sp³-hybridized carbons (Fsp3) is 0.300. The predicted molar refractivity (Wildman–Crippen MR) is 99.4 cm³/mol. The molecule has 25 heavy (non-hydrogen) atoms. The summed E-state index contributed by atoms with van der Waals surface area (Å²) in [6.07, 6.45) is 0.502. The highest BCUT2D eigenvalue weighted by molar-refractivity contribution is 6.31. The first kappa shape index (κ1) is 19.2. The summed E-state index contributed by atoms with van der Waals surface area (Å²) in [6, 6.07) is 16.8. The van der Waals surface area contributed by atoms with Crippen LogP contribution in [0.4, 0.5) is 0 Å². The van der Waals surface area contributed by atoms with Crippen molar-refractivity contribution in [2.45, 2.75) is 32.4 Å². The van der Waals surface area contributed by atoms with Crippen LogP contribution >= 0.6 is 11.6 Å². The van der Waals surface area contributed by atoms with E-state index in [1.807, 2.05) is 66.8 Å². The third-order valence-corrected chi connectivity index (χ3v) is 4.51. The number of quaternary nitrogens is 1. The Morgan fingerprint density at radius 1 is 1.08 bits per heavy atom. The van der Waals surface area contributed by atoms with E-state index in [-0.39, 0.29) is 24.3 Å². The molecular formula is C20H24ClN2O2+. The number of carbonyl (C=O) groups is 2. The number of amides is 1. The Kier molecular flexibility index (Phi) is 7.16. The molecule has 132 valence electrons. The van der Waals surface area contributed by atoms with Crippen molar-refractivity contribution in [3.63, 3.8) is 0 Å². The second-order valence-electron chi connectivity index (χ2n) is 6.17. The number of rotatable bonds is 8. The maximum Gasteiger partial charge on any atom is 0.275 e. The van der Waals surface area contributed by atoms with Gasteiger partial charge in [-0.2, -0.15) is 0 Å². The lowest BCUT2D eigenvalue weighted by atomic mass is 10.0. The predicted octanol–water partition coefficient (Wildman–Crippen LogP) is 2.28. The lowest BCUT2D eigenvalue weighted by Crippen LogP contribution is -2.87. The molecule has 0 bridgehead atoms. The molecule has 2 atom stereocenters. The van der Waals surface area contributed by atoms with Crippen LogP contribution in [0.5, 0.6) is 0 Å². The normalized spacial score (nSPS) is 13.1. The van der Waals surface area contributed by atoms with E-state index in [0.29, 0.717) is 11.4 Å². The van der Waals surface area contributed by atoms with Crippen molar-refractivity contribution in [2.24, 2.45) is 0 Å². The molecule has 0 aliphatic rings. The summed E-state index contributed by atoms with van der Waals surface area (Å²) in [5.74, 6) is -0.202. The largest absolute Gasteiger partial charge is 0.341 e. The van der Waals surface area contributed by atoms with Crippen LogP contribution in [0.3, 0.4) is 0 Å². The molecule has 0 aliphatic carbocycles. The molecule has 1 amide bonds. The molecule has 3 N–H and O–H groups in total. The molecule has 0 saturated carbocycles. The first-order valence-electron chi connectivity index (χ1n) is 8.39. The van der Waals surface area contributed by atoms with Crippen molar-refractivity contribution < 1.29 is 14.9 Å². The minimum absolute atomic E-state index is 0.0450. The van der Waals surface area contributed by atoms with Crippen LogP contribution in [0.1, 0.15) is 31.0 Å². The van der Waals surface area contributed by atoms with E-state index in [4.69, 9.17) is 11.6 Å². The molecule has 0 spiro atoms. The zero-order valence-electron chi connectivity index (χ0n) is 14.5. The van der Waals surface area contributed by atoms with Crippen molar-refractivity contribution >= 4 is 23.3 Å². The molecule has 0 radical (unpaired) electrons. The molecule has 0 unspecified atom stereocenters. The van der Waals surface area contributed by atoms with Crippen LogP contribution in [0.2, 0.25) is 5.02 Å². The number of Topliss-reactive ketones (excluding diaryl/α,β-unsaturated/α-hetero) is 1. The Labute approximate surface area is 153 Å². The average molecular weight is 360 g/mol. The summed E-state index contributed by atoms with van der Waals surface area (Å²) in [5.41, 5.74) is 2.01. The van der Waals surface area contributed by atoms with Crippen LogP contribution in [-0.4, -0.2) is 24.3 Å². The highest BCUT2D eigenvalue weighted by Crippen LogP contribution is 2.19. The Bertz CT molecular complexity index is 719. The average Bonchev–Trinajstić information content (AvgIpc) is 2.60. The summed E-state index contributed by atoms with van der Waals surface area (Å²) in [4.78, 5) is 24.1. The SMILES string of the molecule is CC(=O)[C@H](Cc1ccccc1)NC(=O)C[NH2+][C@H](C)c1ccccc1Cl. The summed E-state index contributed by atoms with van der Waals surface area (Å²) < 4.78 is 0. The summed E-state index contributed by atoms with van der Waals surface area (Å²) >= 11 is 6.19. The first-order valence-corrected chi connectivity index (χ1v) is 8.76. The molecule has 5 heteroatoms. The molecule has 0 saturated heterocycles. The smallest absolute Gasteiger partial charge is 0.275 e. The van der Waals surface area contributed by atoms with Gasteiger partial charge in [0.15, 0.2) is 12.3 Å². The fourth-order valence-electron chi connectivity index (χ4n) is 2.65. The van der Waals surface area contributed by atoms with E-state index < -0.39 is 6.04 Å². The summed E-state index contributed by atoms with van der Waals surface area (Å²) in [5, 5.41) is 5.44. The number of hydrogen-bond acceptors (Lipinski definition) is 2. The zero-order valence-corrected chi connectivity index (χ0v) is 15.3. The molecule has 2 aromatic carbocycles. The Balaban J connectivity index is 1.89. The molecule has 2 aromatic rings. The van der Waals surface area contributed by atoms with E-state index in [1.54, 1.807) is 0 Å². The molecule has 0 aliphatic heterocycles. The van der Waals surface area contributed by atoms with Crippen molar-refractivity contribution in [3.8, 4) is 0 Å². The Hall–Kier alpha value is -2.17. The minimum atomic E-state index is -0.501. The summed E-state index contributed by atoms with van der Waals surface area (Å²) in [7, 11) is 0. The maximum atomic E-state index is 12.2. The van der Waals surface area contributed by atoms with Gasteiger partial charge in [-0.25, -0.2) is 0 Å². The number of nitrogens with two attached hydrogens (primary N) is 1. The van der Waals surface area contributed by atoms with E-state index in [2.05, 4.69) is 5.32 Å². The first-order chi connectivity index (χ1) is 12.0. The van der Waals surface area contributed by atoms with Gasteiger partial charge in [0.05, 0.1) is 6.04 Å². The van der Waals surface area contributed by atoms with Gasteiger partial charge < -0.3 is 10.6 Å². The third kappa shape index (κ3) is 6.00. The van der Waals surface area contributed by atoms with Crippen LogP contribution in [0, 0.1) is 0 Å². The van der Waals surface area contributed by atoms with Gasteiger partial charge in [0.25, 0.3) is 5.91 Å². The number of hydrogen-bond donors (Lipinski definition) is 2. The van der Waals surface area contributed by atoms with Crippen LogP contribution in [0.15, 0.2) is 54.6 Å². The summed E-state index contributed by atoms with van der Waals surface area (Å²) in [6.45, 7) is 3.75. The Morgan fingerprint density at radius 3 is 2.36 bits per heavy atom. The van der Waals surface area contributed by atoms with Gasteiger partial charge in [0.2, 0.25) is 0 Å². The number of nitrogens with one attached hydrogen (secondary N) is 1. The van der Waals surface area contributed by atoms with Gasteiger partial charge in [-0.15, -0.1) is 0 Å². The van der Waals surface area contributed by atoms with Crippen LogP contribution < -0.4 is 10.6 Å². The quantitative estimate of drug-likeness (QED) is 0.759. The molecule has 0 heterocycles. The zero-order chi connectivity index (χ0) is 18.2. The van der Waals surface area contributed by atoms with Gasteiger partial charge in [-0.05, 0) is 31.9 Å². The van der Waals surface area contributed by atoms with Crippen LogP contribution in [0.25, 0.3) is 0 Å². The number of benzene rings is 2. The van der Waals surface area contributed by atoms with Crippen molar-refractivity contribution in [3.05, 3.63) is 70.7 Å². The highest BCUT2D eigenvalue weighted by atomic mass is 35.5. The van der Waals surface area contributed by atoms with E-state index >= 15 is 0 Å². The van der Waals surface area contributed by atoms with E-state index in [0.717, 1.165) is 11.1 Å². The number of halogens is 1. The standard InChI is InChI=1S/C20H23ClN2O2/c1-14(17-10-6-7-11-18(17)21)22-13-20(25)23-19(15(2)24)12-16-8-4-3-5-9-16/h3-11,14,19,22H,12-13H2,1-2H3,(H,23,25)/p+1/t14-,19+/m1/s1. The highest BCUT2D eigenvalue weighted by Gasteiger charge is 2.20. The Morgan fingerprint density at radius 2 is 1.72 bits per heavy atom. The lowest BCUT2D eigenvalue weighted by Gasteiger charge is -2.17.